The van der Waals surface area contributed by atoms with E-state index in [0.29, 0.717) is 4.90 Å². The zero-order valence-corrected chi connectivity index (χ0v) is 9.53. The standard InChI is InChI=1S/C8H6ClF6N3/c1-18(3-7(10,11)12)5-2-4(9)16-6(17-5)8(13,14)15/h2H,3H2,1H3. The van der Waals surface area contributed by atoms with E-state index in [-0.39, 0.29) is 0 Å². The van der Waals surface area contributed by atoms with E-state index >= 15 is 0 Å². The van der Waals surface area contributed by atoms with Crippen molar-refractivity contribution in [3.63, 3.8) is 0 Å². The molecular formula is C8H6ClF6N3. The van der Waals surface area contributed by atoms with E-state index in [0.717, 1.165) is 13.1 Å². The van der Waals surface area contributed by atoms with Gasteiger partial charge in [0.05, 0.1) is 0 Å². The lowest BCUT2D eigenvalue weighted by atomic mass is 10.4. The van der Waals surface area contributed by atoms with Crippen LogP contribution >= 0.6 is 11.6 Å². The molecule has 10 heteroatoms. The number of halogens is 7. The second-order valence-electron chi connectivity index (χ2n) is 3.34. The number of nitrogens with zero attached hydrogens (tertiary/aromatic N) is 3. The zero-order valence-electron chi connectivity index (χ0n) is 8.77. The van der Waals surface area contributed by atoms with E-state index < -0.39 is 35.7 Å². The minimum Gasteiger partial charge on any atom is -0.350 e. The molecule has 0 atom stereocenters. The van der Waals surface area contributed by atoms with Gasteiger partial charge in [-0.3, -0.25) is 0 Å². The summed E-state index contributed by atoms with van der Waals surface area (Å²) < 4.78 is 73.2. The van der Waals surface area contributed by atoms with Gasteiger partial charge in [0, 0.05) is 13.1 Å². The Hall–Kier alpha value is -1.25. The zero-order chi connectivity index (χ0) is 14.1. The Bertz CT molecular complexity index is 430. The molecule has 0 bridgehead atoms. The van der Waals surface area contributed by atoms with E-state index in [2.05, 4.69) is 9.97 Å². The van der Waals surface area contributed by atoms with Crippen LogP contribution in [0, 0.1) is 0 Å². The summed E-state index contributed by atoms with van der Waals surface area (Å²) in [5, 5.41) is -0.582. The van der Waals surface area contributed by atoms with Gasteiger partial charge in [0.25, 0.3) is 0 Å². The maximum Gasteiger partial charge on any atom is 0.451 e. The Morgan fingerprint density at radius 2 is 1.72 bits per heavy atom. The van der Waals surface area contributed by atoms with Crippen LogP contribution in [0.2, 0.25) is 5.15 Å². The second-order valence-corrected chi connectivity index (χ2v) is 3.73. The molecule has 0 aliphatic carbocycles. The fraction of sp³-hybridized carbons (Fsp3) is 0.500. The maximum atomic E-state index is 12.3. The molecule has 0 unspecified atom stereocenters. The van der Waals surface area contributed by atoms with E-state index in [1.165, 1.54) is 0 Å². The second kappa shape index (κ2) is 4.79. The third-order valence-electron chi connectivity index (χ3n) is 1.74. The summed E-state index contributed by atoms with van der Waals surface area (Å²) in [4.78, 5) is 6.40. The molecule has 0 amide bonds. The number of rotatable bonds is 2. The molecule has 1 aromatic rings. The Labute approximate surface area is 102 Å². The molecule has 0 N–H and O–H groups in total. The van der Waals surface area contributed by atoms with Crippen LogP contribution < -0.4 is 4.90 Å². The van der Waals surface area contributed by atoms with Crippen LogP contribution in [-0.2, 0) is 6.18 Å². The molecule has 0 aliphatic rings. The third kappa shape index (κ3) is 4.21. The van der Waals surface area contributed by atoms with Crippen LogP contribution in [0.5, 0.6) is 0 Å². The van der Waals surface area contributed by atoms with Gasteiger partial charge in [-0.25, -0.2) is 9.97 Å². The first kappa shape index (κ1) is 14.8. The van der Waals surface area contributed by atoms with Crippen molar-refractivity contribution in [1.29, 1.82) is 0 Å². The molecule has 1 aromatic heterocycles. The molecule has 1 heterocycles. The minimum atomic E-state index is -4.88. The summed E-state index contributed by atoms with van der Waals surface area (Å²) in [5.74, 6) is -2.14. The number of hydrogen-bond donors (Lipinski definition) is 0. The highest BCUT2D eigenvalue weighted by molar-refractivity contribution is 6.29. The van der Waals surface area contributed by atoms with Gasteiger partial charge in [0.2, 0.25) is 5.82 Å². The van der Waals surface area contributed by atoms with E-state index in [1.807, 2.05) is 0 Å². The highest BCUT2D eigenvalue weighted by Gasteiger charge is 2.36. The Morgan fingerprint density at radius 3 is 2.17 bits per heavy atom. The maximum absolute atomic E-state index is 12.3. The minimum absolute atomic E-state index is 0.503. The largest absolute Gasteiger partial charge is 0.451 e. The third-order valence-corrected chi connectivity index (χ3v) is 1.94. The predicted molar refractivity (Wildman–Crippen MR) is 51.4 cm³/mol. The number of anilines is 1. The van der Waals surface area contributed by atoms with Crippen molar-refractivity contribution in [2.45, 2.75) is 12.4 Å². The monoisotopic (exact) mass is 293 g/mol. The van der Waals surface area contributed by atoms with Gasteiger partial charge in [-0.2, -0.15) is 26.3 Å². The highest BCUT2D eigenvalue weighted by atomic mass is 35.5. The fourth-order valence-corrected chi connectivity index (χ4v) is 1.26. The number of alkyl halides is 6. The van der Waals surface area contributed by atoms with Crippen molar-refractivity contribution in [2.24, 2.45) is 0 Å². The molecule has 0 saturated heterocycles. The molecule has 0 spiro atoms. The van der Waals surface area contributed by atoms with Crippen LogP contribution in [0.15, 0.2) is 6.07 Å². The van der Waals surface area contributed by atoms with Crippen LogP contribution in [0.4, 0.5) is 32.2 Å². The SMILES string of the molecule is CN(CC(F)(F)F)c1cc(Cl)nc(C(F)(F)F)n1. The van der Waals surface area contributed by atoms with Crippen molar-refractivity contribution in [2.75, 3.05) is 18.5 Å². The van der Waals surface area contributed by atoms with E-state index in [4.69, 9.17) is 11.6 Å². The normalized spacial score (nSPS) is 12.7. The van der Waals surface area contributed by atoms with Crippen molar-refractivity contribution < 1.29 is 26.3 Å². The van der Waals surface area contributed by atoms with Crippen molar-refractivity contribution in [3.8, 4) is 0 Å². The molecule has 0 saturated carbocycles. The summed E-state index contributed by atoms with van der Waals surface area (Å²) in [7, 11) is 0.951. The molecule has 102 valence electrons. The topological polar surface area (TPSA) is 29.0 Å². The lowest BCUT2D eigenvalue weighted by Gasteiger charge is -2.20. The smallest absolute Gasteiger partial charge is 0.350 e. The van der Waals surface area contributed by atoms with Crippen LogP contribution in [0.3, 0.4) is 0 Å². The first-order chi connectivity index (χ1) is 7.99. The number of aromatic nitrogens is 2. The quantitative estimate of drug-likeness (QED) is 0.619. The molecule has 0 aromatic carbocycles. The van der Waals surface area contributed by atoms with Gasteiger partial charge in [-0.15, -0.1) is 0 Å². The molecule has 3 nitrogen and oxygen atoms in total. The van der Waals surface area contributed by atoms with Crippen molar-refractivity contribution in [3.05, 3.63) is 17.0 Å². The van der Waals surface area contributed by atoms with Crippen LogP contribution in [-0.4, -0.2) is 29.7 Å². The highest BCUT2D eigenvalue weighted by Crippen LogP contribution is 2.29. The van der Waals surface area contributed by atoms with E-state index in [9.17, 15) is 26.3 Å². The molecule has 1 rings (SSSR count). The van der Waals surface area contributed by atoms with Gasteiger partial charge in [0.1, 0.15) is 17.5 Å². The summed E-state index contributed by atoms with van der Waals surface area (Å²) in [6.07, 6.45) is -9.44. The van der Waals surface area contributed by atoms with Crippen molar-refractivity contribution >= 4 is 17.4 Å². The Morgan fingerprint density at radius 1 is 1.17 bits per heavy atom. The molecule has 0 radical (unpaired) electrons. The van der Waals surface area contributed by atoms with E-state index in [1.54, 1.807) is 0 Å². The Kier molecular flexibility index (Phi) is 3.94. The van der Waals surface area contributed by atoms with Crippen LogP contribution in [0.25, 0.3) is 0 Å². The molecule has 18 heavy (non-hydrogen) atoms. The summed E-state index contributed by atoms with van der Waals surface area (Å²) >= 11 is 5.31. The van der Waals surface area contributed by atoms with Gasteiger partial charge < -0.3 is 4.90 Å². The number of hydrogen-bond acceptors (Lipinski definition) is 3. The van der Waals surface area contributed by atoms with Crippen LogP contribution in [0.1, 0.15) is 5.82 Å². The van der Waals surface area contributed by atoms with Crippen molar-refractivity contribution in [1.82, 2.24) is 9.97 Å². The van der Waals surface area contributed by atoms with Gasteiger partial charge in [-0.05, 0) is 0 Å². The summed E-state index contributed by atoms with van der Waals surface area (Å²) in [6.45, 7) is -1.45. The average Bonchev–Trinajstić information content (AvgIpc) is 2.12. The lowest BCUT2D eigenvalue weighted by molar-refractivity contribution is -0.144. The Balaban J connectivity index is 3.07. The first-order valence-corrected chi connectivity index (χ1v) is 4.76. The lowest BCUT2D eigenvalue weighted by Crippen LogP contribution is -2.32. The molecule has 0 aliphatic heterocycles. The van der Waals surface area contributed by atoms with Gasteiger partial charge >= 0.3 is 12.4 Å². The summed E-state index contributed by atoms with van der Waals surface area (Å²) in [5.41, 5.74) is 0. The predicted octanol–water partition coefficient (Wildman–Crippen LogP) is 3.15. The average molecular weight is 294 g/mol. The first-order valence-electron chi connectivity index (χ1n) is 4.39. The van der Waals surface area contributed by atoms with Gasteiger partial charge in [-0.1, -0.05) is 11.6 Å². The fourth-order valence-electron chi connectivity index (χ4n) is 1.08. The molecule has 0 fully saturated rings. The summed E-state index contributed by atoms with van der Waals surface area (Å²) in [6, 6.07) is 0.822. The van der Waals surface area contributed by atoms with Gasteiger partial charge in [0.15, 0.2) is 0 Å². The molecular weight excluding hydrogens is 288 g/mol.